The lowest BCUT2D eigenvalue weighted by molar-refractivity contribution is 0.0524. The van der Waals surface area contributed by atoms with Gasteiger partial charge in [-0.15, -0.1) is 0 Å². The minimum Gasteiger partial charge on any atom is -0.385 e. The first-order valence-corrected chi connectivity index (χ1v) is 4.84. The van der Waals surface area contributed by atoms with Crippen molar-refractivity contribution in [2.45, 2.75) is 32.8 Å². The van der Waals surface area contributed by atoms with Gasteiger partial charge in [-0.25, -0.2) is 0 Å². The molecular weight excluding hydrogens is 184 g/mol. The molecule has 0 aromatic heterocycles. The molecule has 0 aliphatic carbocycles. The maximum atomic E-state index is 10.0. The molecule has 1 aromatic rings. The Hall–Kier alpha value is -0.530. The van der Waals surface area contributed by atoms with Gasteiger partial charge in [0.15, 0.2) is 0 Å². The van der Waals surface area contributed by atoms with Crippen molar-refractivity contribution in [2.24, 2.45) is 0 Å². The molecular formula is C11H15ClO. The van der Waals surface area contributed by atoms with Crippen LogP contribution in [0.25, 0.3) is 0 Å². The molecule has 1 N–H and O–H groups in total. The van der Waals surface area contributed by atoms with Gasteiger partial charge < -0.3 is 5.11 Å². The van der Waals surface area contributed by atoms with E-state index >= 15 is 0 Å². The highest BCUT2D eigenvalue weighted by molar-refractivity contribution is 6.30. The van der Waals surface area contributed by atoms with Crippen LogP contribution in [-0.4, -0.2) is 5.11 Å². The average molecular weight is 199 g/mol. The molecule has 0 aliphatic heterocycles. The summed E-state index contributed by atoms with van der Waals surface area (Å²) in [7, 11) is 0. The maximum absolute atomic E-state index is 10.0. The molecule has 1 aromatic carbocycles. The molecule has 13 heavy (non-hydrogen) atoms. The van der Waals surface area contributed by atoms with Gasteiger partial charge in [-0.05, 0) is 43.5 Å². The second-order valence-electron chi connectivity index (χ2n) is 3.59. The van der Waals surface area contributed by atoms with Crippen LogP contribution in [-0.2, 0) is 5.60 Å². The Morgan fingerprint density at radius 2 is 2.08 bits per heavy atom. The van der Waals surface area contributed by atoms with Gasteiger partial charge in [-0.3, -0.25) is 0 Å². The topological polar surface area (TPSA) is 20.2 Å². The van der Waals surface area contributed by atoms with Crippen LogP contribution in [0.4, 0.5) is 0 Å². The van der Waals surface area contributed by atoms with Crippen molar-refractivity contribution in [2.75, 3.05) is 0 Å². The predicted octanol–water partition coefficient (Wildman–Crippen LogP) is 3.27. The zero-order valence-corrected chi connectivity index (χ0v) is 9.02. The Balaban J connectivity index is 3.20. The molecule has 0 aliphatic rings. The zero-order chi connectivity index (χ0) is 10.1. The molecule has 1 nitrogen and oxygen atoms in total. The van der Waals surface area contributed by atoms with Crippen LogP contribution >= 0.6 is 11.6 Å². The van der Waals surface area contributed by atoms with Crippen LogP contribution in [0, 0.1) is 6.92 Å². The molecule has 2 heteroatoms. The lowest BCUT2D eigenvalue weighted by Crippen LogP contribution is -2.20. The summed E-state index contributed by atoms with van der Waals surface area (Å²) in [5.41, 5.74) is 1.23. The number of aliphatic hydroxyl groups is 1. The fourth-order valence-electron chi connectivity index (χ4n) is 1.36. The predicted molar refractivity (Wildman–Crippen MR) is 56.1 cm³/mol. The van der Waals surface area contributed by atoms with E-state index in [1.165, 1.54) is 0 Å². The van der Waals surface area contributed by atoms with Crippen LogP contribution in [0.1, 0.15) is 31.4 Å². The third-order valence-corrected chi connectivity index (χ3v) is 2.70. The number of halogens is 1. The molecule has 72 valence electrons. The summed E-state index contributed by atoms with van der Waals surface area (Å²) in [4.78, 5) is 0. The van der Waals surface area contributed by atoms with E-state index in [2.05, 4.69) is 0 Å². The van der Waals surface area contributed by atoms with Gasteiger partial charge in [0, 0.05) is 5.02 Å². The van der Waals surface area contributed by atoms with Crippen molar-refractivity contribution in [3.05, 3.63) is 34.3 Å². The summed E-state index contributed by atoms with van der Waals surface area (Å²) in [6, 6.07) is 5.61. The smallest absolute Gasteiger partial charge is 0.0869 e. The fraction of sp³-hybridized carbons (Fsp3) is 0.455. The number of hydrogen-bond donors (Lipinski definition) is 1. The van der Waals surface area contributed by atoms with Crippen LogP contribution in [0.5, 0.6) is 0 Å². The van der Waals surface area contributed by atoms with Crippen LogP contribution < -0.4 is 0 Å². The van der Waals surface area contributed by atoms with E-state index in [4.69, 9.17) is 11.6 Å². The zero-order valence-electron chi connectivity index (χ0n) is 8.26. The van der Waals surface area contributed by atoms with Crippen molar-refractivity contribution in [3.8, 4) is 0 Å². The minimum absolute atomic E-state index is 0.675. The molecule has 0 bridgehead atoms. The van der Waals surface area contributed by atoms with Gasteiger partial charge in [-0.2, -0.15) is 0 Å². The third-order valence-electron chi connectivity index (χ3n) is 2.47. The molecule has 0 heterocycles. The molecule has 1 unspecified atom stereocenters. The highest BCUT2D eigenvalue weighted by atomic mass is 35.5. The summed E-state index contributed by atoms with van der Waals surface area (Å²) in [5.74, 6) is 0. The average Bonchev–Trinajstić information content (AvgIpc) is 2.09. The van der Waals surface area contributed by atoms with Gasteiger partial charge >= 0.3 is 0 Å². The Bertz CT molecular complexity index is 305. The first kappa shape index (κ1) is 10.6. The summed E-state index contributed by atoms with van der Waals surface area (Å²) in [6.45, 7) is 5.75. The summed E-state index contributed by atoms with van der Waals surface area (Å²) < 4.78 is 0. The molecule has 0 amide bonds. The van der Waals surface area contributed by atoms with Gasteiger partial charge in [0.2, 0.25) is 0 Å². The minimum atomic E-state index is -0.769. The second kappa shape index (κ2) is 3.69. The highest BCUT2D eigenvalue weighted by Crippen LogP contribution is 2.29. The molecule has 0 saturated carbocycles. The summed E-state index contributed by atoms with van der Waals surface area (Å²) in [5, 5.41) is 10.7. The molecule has 1 rings (SSSR count). The van der Waals surface area contributed by atoms with Crippen molar-refractivity contribution in [3.63, 3.8) is 0 Å². The van der Waals surface area contributed by atoms with Gasteiger partial charge in [0.1, 0.15) is 0 Å². The highest BCUT2D eigenvalue weighted by Gasteiger charge is 2.22. The molecule has 0 fully saturated rings. The van der Waals surface area contributed by atoms with E-state index in [1.54, 1.807) is 0 Å². The normalized spacial score (nSPS) is 15.5. The van der Waals surface area contributed by atoms with Crippen LogP contribution in [0.2, 0.25) is 5.02 Å². The summed E-state index contributed by atoms with van der Waals surface area (Å²) in [6.07, 6.45) is 0.689. The number of rotatable bonds is 2. The molecule has 1 atom stereocenters. The fourth-order valence-corrected chi connectivity index (χ4v) is 1.54. The third kappa shape index (κ3) is 2.23. The largest absolute Gasteiger partial charge is 0.385 e. The summed E-state index contributed by atoms with van der Waals surface area (Å²) >= 11 is 5.87. The van der Waals surface area contributed by atoms with Crippen LogP contribution in [0.15, 0.2) is 18.2 Å². The maximum Gasteiger partial charge on any atom is 0.0869 e. The van der Waals surface area contributed by atoms with Crippen LogP contribution in [0.3, 0.4) is 0 Å². The quantitative estimate of drug-likeness (QED) is 0.774. The van der Waals surface area contributed by atoms with E-state index in [-0.39, 0.29) is 0 Å². The Kier molecular flexibility index (Phi) is 2.99. The standard InChI is InChI=1S/C11H15ClO/c1-4-11(3,13)10-7-9(12)6-5-8(10)2/h5-7,13H,4H2,1-3H3. The van der Waals surface area contributed by atoms with E-state index in [0.717, 1.165) is 11.1 Å². The molecule has 0 saturated heterocycles. The van der Waals surface area contributed by atoms with E-state index in [0.29, 0.717) is 11.4 Å². The number of hydrogen-bond acceptors (Lipinski definition) is 1. The lowest BCUT2D eigenvalue weighted by Gasteiger charge is -2.24. The second-order valence-corrected chi connectivity index (χ2v) is 4.02. The number of benzene rings is 1. The monoisotopic (exact) mass is 198 g/mol. The van der Waals surface area contributed by atoms with Gasteiger partial charge in [0.05, 0.1) is 5.60 Å². The van der Waals surface area contributed by atoms with Crippen molar-refractivity contribution >= 4 is 11.6 Å². The van der Waals surface area contributed by atoms with E-state index in [1.807, 2.05) is 39.0 Å². The Morgan fingerprint density at radius 1 is 1.46 bits per heavy atom. The first-order chi connectivity index (χ1) is 5.97. The van der Waals surface area contributed by atoms with E-state index < -0.39 is 5.60 Å². The molecule has 0 radical (unpaired) electrons. The van der Waals surface area contributed by atoms with Crippen molar-refractivity contribution in [1.82, 2.24) is 0 Å². The van der Waals surface area contributed by atoms with E-state index in [9.17, 15) is 5.11 Å². The van der Waals surface area contributed by atoms with Crippen molar-refractivity contribution < 1.29 is 5.11 Å². The lowest BCUT2D eigenvalue weighted by atomic mass is 9.90. The SMILES string of the molecule is CCC(C)(O)c1cc(Cl)ccc1C. The molecule has 0 spiro atoms. The first-order valence-electron chi connectivity index (χ1n) is 4.46. The van der Waals surface area contributed by atoms with Gasteiger partial charge in [0.25, 0.3) is 0 Å². The number of aryl methyl sites for hydroxylation is 1. The Morgan fingerprint density at radius 3 is 2.62 bits per heavy atom. The van der Waals surface area contributed by atoms with Crippen molar-refractivity contribution in [1.29, 1.82) is 0 Å². The Labute approximate surface area is 84.4 Å². The van der Waals surface area contributed by atoms with Gasteiger partial charge in [-0.1, -0.05) is 24.6 Å².